The van der Waals surface area contributed by atoms with E-state index < -0.39 is 0 Å². The number of halogens is 1. The largest absolute Gasteiger partial charge is 0.355 e. The fraction of sp³-hybridized carbons (Fsp3) is 0.909. The van der Waals surface area contributed by atoms with Gasteiger partial charge in [0.15, 0.2) is 0 Å². The maximum atomic E-state index is 11.5. The summed E-state index contributed by atoms with van der Waals surface area (Å²) in [4.78, 5) is 13.7. The number of hydrogen-bond acceptors (Lipinski definition) is 3. The summed E-state index contributed by atoms with van der Waals surface area (Å²) in [7, 11) is 0. The molecule has 96 valence electrons. The minimum Gasteiger partial charge on any atom is -0.355 e. The summed E-state index contributed by atoms with van der Waals surface area (Å²) in [5.74, 6) is 0.856. The molecule has 1 amide bonds. The molecule has 0 radical (unpaired) electrons. The molecule has 2 unspecified atom stereocenters. The molecule has 1 fully saturated rings. The van der Waals surface area contributed by atoms with Crippen LogP contribution >= 0.6 is 12.4 Å². The van der Waals surface area contributed by atoms with E-state index in [9.17, 15) is 4.79 Å². The van der Waals surface area contributed by atoms with Gasteiger partial charge in [0.2, 0.25) is 5.91 Å². The normalized spacial score (nSPS) is 25.9. The average molecular weight is 250 g/mol. The Morgan fingerprint density at radius 3 is 2.81 bits per heavy atom. The van der Waals surface area contributed by atoms with Gasteiger partial charge in [-0.1, -0.05) is 6.92 Å². The summed E-state index contributed by atoms with van der Waals surface area (Å²) in [5, 5.41) is 2.83. The molecule has 4 nitrogen and oxygen atoms in total. The molecule has 5 heteroatoms. The van der Waals surface area contributed by atoms with E-state index in [1.807, 2.05) is 6.92 Å². The number of carbonyl (C=O) groups excluding carboxylic acids is 1. The molecule has 0 spiro atoms. The van der Waals surface area contributed by atoms with E-state index in [-0.39, 0.29) is 18.3 Å². The van der Waals surface area contributed by atoms with Gasteiger partial charge in [-0.15, -0.1) is 12.4 Å². The lowest BCUT2D eigenvalue weighted by molar-refractivity contribution is -0.123. The first-order valence-electron chi connectivity index (χ1n) is 5.88. The predicted octanol–water partition coefficient (Wildman–Crippen LogP) is 0.604. The number of rotatable bonds is 4. The van der Waals surface area contributed by atoms with Gasteiger partial charge in [0.25, 0.3) is 0 Å². The molecule has 1 aliphatic heterocycles. The van der Waals surface area contributed by atoms with Gasteiger partial charge in [-0.05, 0) is 32.2 Å². The van der Waals surface area contributed by atoms with Crippen LogP contribution in [-0.2, 0) is 4.79 Å². The number of nitrogens with two attached hydrogens (primary N) is 1. The molecule has 0 aromatic carbocycles. The Bertz CT molecular complexity index is 213. The quantitative estimate of drug-likeness (QED) is 0.767. The SMILES string of the molecule is CCNC(=O)CN1CCC(C)CC1CN.Cl. The Hall–Kier alpha value is -0.320. The number of carbonyl (C=O) groups is 1. The molecule has 2 atom stereocenters. The van der Waals surface area contributed by atoms with Gasteiger partial charge in [0.05, 0.1) is 6.54 Å². The Kier molecular flexibility index (Phi) is 7.72. The Morgan fingerprint density at radius 2 is 2.25 bits per heavy atom. The third-order valence-electron chi connectivity index (χ3n) is 3.09. The van der Waals surface area contributed by atoms with E-state index in [0.29, 0.717) is 25.7 Å². The predicted molar refractivity (Wildman–Crippen MR) is 68.7 cm³/mol. The van der Waals surface area contributed by atoms with Crippen molar-refractivity contribution in [1.29, 1.82) is 0 Å². The van der Waals surface area contributed by atoms with E-state index in [0.717, 1.165) is 18.9 Å². The lowest BCUT2D eigenvalue weighted by Crippen LogP contribution is -2.50. The van der Waals surface area contributed by atoms with E-state index >= 15 is 0 Å². The number of nitrogens with one attached hydrogen (secondary N) is 1. The summed E-state index contributed by atoms with van der Waals surface area (Å²) in [6.07, 6.45) is 2.30. The minimum atomic E-state index is 0. The third kappa shape index (κ3) is 4.68. The van der Waals surface area contributed by atoms with Gasteiger partial charge in [-0.2, -0.15) is 0 Å². The maximum Gasteiger partial charge on any atom is 0.234 e. The fourth-order valence-electron chi connectivity index (χ4n) is 2.19. The van der Waals surface area contributed by atoms with Crippen molar-refractivity contribution in [3.8, 4) is 0 Å². The number of likely N-dealkylation sites (N-methyl/N-ethyl adjacent to an activating group) is 1. The minimum absolute atomic E-state index is 0. The summed E-state index contributed by atoms with van der Waals surface area (Å²) in [5.41, 5.74) is 5.73. The van der Waals surface area contributed by atoms with Crippen molar-refractivity contribution in [3.63, 3.8) is 0 Å². The molecule has 0 bridgehead atoms. The van der Waals surface area contributed by atoms with Crippen LogP contribution in [0.25, 0.3) is 0 Å². The molecule has 0 saturated carbocycles. The highest BCUT2D eigenvalue weighted by Crippen LogP contribution is 2.21. The first-order valence-corrected chi connectivity index (χ1v) is 5.88. The Labute approximate surface area is 104 Å². The lowest BCUT2D eigenvalue weighted by atomic mass is 9.92. The molecule has 0 aromatic rings. The molecule has 0 aromatic heterocycles. The maximum absolute atomic E-state index is 11.5. The molecule has 1 rings (SSSR count). The van der Waals surface area contributed by atoms with Gasteiger partial charge in [-0.25, -0.2) is 0 Å². The van der Waals surface area contributed by atoms with Crippen molar-refractivity contribution in [2.45, 2.75) is 32.7 Å². The highest BCUT2D eigenvalue weighted by Gasteiger charge is 2.26. The first kappa shape index (κ1) is 15.7. The van der Waals surface area contributed by atoms with Gasteiger partial charge >= 0.3 is 0 Å². The highest BCUT2D eigenvalue weighted by molar-refractivity contribution is 5.85. The Morgan fingerprint density at radius 1 is 1.56 bits per heavy atom. The zero-order chi connectivity index (χ0) is 11.3. The van der Waals surface area contributed by atoms with Crippen LogP contribution in [-0.4, -0.2) is 43.0 Å². The van der Waals surface area contributed by atoms with Crippen molar-refractivity contribution < 1.29 is 4.79 Å². The van der Waals surface area contributed by atoms with E-state index in [4.69, 9.17) is 5.73 Å². The van der Waals surface area contributed by atoms with E-state index in [1.165, 1.54) is 6.42 Å². The Balaban J connectivity index is 0.00000225. The number of amides is 1. The zero-order valence-corrected chi connectivity index (χ0v) is 11.1. The number of hydrogen-bond donors (Lipinski definition) is 2. The van der Waals surface area contributed by atoms with Crippen molar-refractivity contribution in [2.75, 3.05) is 26.2 Å². The summed E-state index contributed by atoms with van der Waals surface area (Å²) in [6.45, 7) is 7.06. The van der Waals surface area contributed by atoms with Crippen LogP contribution in [0.15, 0.2) is 0 Å². The van der Waals surface area contributed by atoms with Crippen LogP contribution in [0.1, 0.15) is 26.7 Å². The van der Waals surface area contributed by atoms with E-state index in [2.05, 4.69) is 17.1 Å². The van der Waals surface area contributed by atoms with Gasteiger partial charge in [0.1, 0.15) is 0 Å². The van der Waals surface area contributed by atoms with Gasteiger partial charge < -0.3 is 11.1 Å². The fourth-order valence-corrected chi connectivity index (χ4v) is 2.19. The van der Waals surface area contributed by atoms with Crippen LogP contribution in [0.4, 0.5) is 0 Å². The molecule has 3 N–H and O–H groups in total. The van der Waals surface area contributed by atoms with Crippen LogP contribution in [0, 0.1) is 5.92 Å². The van der Waals surface area contributed by atoms with Crippen molar-refractivity contribution in [2.24, 2.45) is 11.7 Å². The standard InChI is InChI=1S/C11H23N3O.ClH/c1-3-13-11(15)8-14-5-4-9(2)6-10(14)7-12;/h9-10H,3-8,12H2,1-2H3,(H,13,15);1H. The second-order valence-corrected chi connectivity index (χ2v) is 4.44. The molecule has 1 aliphatic rings. The molecule has 16 heavy (non-hydrogen) atoms. The number of likely N-dealkylation sites (tertiary alicyclic amines) is 1. The van der Waals surface area contributed by atoms with Gasteiger partial charge in [0, 0.05) is 19.1 Å². The summed E-state index contributed by atoms with van der Waals surface area (Å²) >= 11 is 0. The van der Waals surface area contributed by atoms with Crippen LogP contribution in [0.3, 0.4) is 0 Å². The van der Waals surface area contributed by atoms with Crippen molar-refractivity contribution >= 4 is 18.3 Å². The van der Waals surface area contributed by atoms with E-state index in [1.54, 1.807) is 0 Å². The van der Waals surface area contributed by atoms with Crippen LogP contribution in [0.2, 0.25) is 0 Å². The molecule has 0 aliphatic carbocycles. The number of piperidine rings is 1. The monoisotopic (exact) mass is 249 g/mol. The topological polar surface area (TPSA) is 58.4 Å². The van der Waals surface area contributed by atoms with Crippen molar-refractivity contribution in [3.05, 3.63) is 0 Å². The molecule has 1 heterocycles. The van der Waals surface area contributed by atoms with Crippen LogP contribution in [0.5, 0.6) is 0 Å². The van der Waals surface area contributed by atoms with Gasteiger partial charge in [-0.3, -0.25) is 9.69 Å². The molecular formula is C11H24ClN3O. The molecular weight excluding hydrogens is 226 g/mol. The summed E-state index contributed by atoms with van der Waals surface area (Å²) in [6, 6.07) is 0.386. The van der Waals surface area contributed by atoms with Crippen molar-refractivity contribution in [1.82, 2.24) is 10.2 Å². The third-order valence-corrected chi connectivity index (χ3v) is 3.09. The summed E-state index contributed by atoms with van der Waals surface area (Å²) < 4.78 is 0. The molecule has 1 saturated heterocycles. The average Bonchev–Trinajstić information content (AvgIpc) is 2.21. The second-order valence-electron chi connectivity index (χ2n) is 4.44. The lowest BCUT2D eigenvalue weighted by Gasteiger charge is -2.37. The highest BCUT2D eigenvalue weighted by atomic mass is 35.5. The smallest absolute Gasteiger partial charge is 0.234 e. The number of nitrogens with zero attached hydrogens (tertiary/aromatic N) is 1. The van der Waals surface area contributed by atoms with Crippen LogP contribution < -0.4 is 11.1 Å². The zero-order valence-electron chi connectivity index (χ0n) is 10.2. The first-order chi connectivity index (χ1) is 7.17. The second kappa shape index (κ2) is 7.87.